The number of carbonyl (C=O) groups is 2. The fourth-order valence-electron chi connectivity index (χ4n) is 2.29. The van der Waals surface area contributed by atoms with Gasteiger partial charge in [0, 0.05) is 12.1 Å². The molecule has 1 saturated carbocycles. The van der Waals surface area contributed by atoms with Gasteiger partial charge in [0.2, 0.25) is 0 Å². The molecule has 1 N–H and O–H groups in total. The second-order valence-corrected chi connectivity index (χ2v) is 5.96. The maximum atomic E-state index is 12.3. The Morgan fingerprint density at radius 1 is 1.40 bits per heavy atom. The van der Waals surface area contributed by atoms with Crippen LogP contribution in [0.3, 0.4) is 0 Å². The average molecular weight is 344 g/mol. The van der Waals surface area contributed by atoms with E-state index in [1.54, 1.807) is 25.1 Å². The first-order valence-electron chi connectivity index (χ1n) is 8.34. The zero-order valence-corrected chi connectivity index (χ0v) is 14.9. The van der Waals surface area contributed by atoms with Crippen LogP contribution in [0.25, 0.3) is 5.57 Å². The first kappa shape index (κ1) is 18.7. The molecule has 6 heteroatoms. The molecule has 0 unspecified atom stereocenters. The van der Waals surface area contributed by atoms with E-state index in [1.807, 2.05) is 6.92 Å². The van der Waals surface area contributed by atoms with E-state index >= 15 is 0 Å². The highest BCUT2D eigenvalue weighted by molar-refractivity contribution is 5.97. The van der Waals surface area contributed by atoms with Crippen LogP contribution in [0.1, 0.15) is 53.2 Å². The van der Waals surface area contributed by atoms with Crippen LogP contribution < -0.4 is 5.32 Å². The van der Waals surface area contributed by atoms with Crippen LogP contribution in [0.4, 0.5) is 0 Å². The van der Waals surface area contributed by atoms with E-state index in [2.05, 4.69) is 16.9 Å². The molecule has 1 heterocycles. The van der Waals surface area contributed by atoms with Crippen LogP contribution in [0.2, 0.25) is 0 Å². The van der Waals surface area contributed by atoms with Crippen LogP contribution in [-0.2, 0) is 9.47 Å². The molecule has 0 radical (unpaired) electrons. The van der Waals surface area contributed by atoms with Crippen LogP contribution in [0.5, 0.6) is 0 Å². The van der Waals surface area contributed by atoms with E-state index in [0.717, 1.165) is 18.4 Å². The topological polar surface area (TPSA) is 77.5 Å². The highest BCUT2D eigenvalue weighted by Crippen LogP contribution is 2.27. The van der Waals surface area contributed by atoms with Gasteiger partial charge in [-0.1, -0.05) is 6.58 Å². The maximum absolute atomic E-state index is 12.3. The molecule has 1 amide bonds. The lowest BCUT2D eigenvalue weighted by atomic mass is 10.0. The fraction of sp³-hybridized carbons (Fsp3) is 0.421. The third-order valence-electron chi connectivity index (χ3n) is 3.91. The normalized spacial score (nSPS) is 14.0. The van der Waals surface area contributed by atoms with E-state index in [1.165, 1.54) is 7.11 Å². The highest BCUT2D eigenvalue weighted by Gasteiger charge is 2.23. The molecule has 1 aliphatic rings. The van der Waals surface area contributed by atoms with Crippen molar-refractivity contribution in [3.63, 3.8) is 0 Å². The minimum atomic E-state index is -0.565. The summed E-state index contributed by atoms with van der Waals surface area (Å²) in [6.45, 7) is 8.15. The lowest BCUT2D eigenvalue weighted by Gasteiger charge is -2.11. The predicted molar refractivity (Wildman–Crippen MR) is 95.1 cm³/mol. The number of nitrogens with zero attached hydrogens (tertiary/aromatic N) is 1. The van der Waals surface area contributed by atoms with Gasteiger partial charge in [-0.3, -0.25) is 4.79 Å². The van der Waals surface area contributed by atoms with Crippen molar-refractivity contribution >= 4 is 17.4 Å². The van der Waals surface area contributed by atoms with Gasteiger partial charge in [0.1, 0.15) is 11.5 Å². The van der Waals surface area contributed by atoms with Gasteiger partial charge in [0.25, 0.3) is 5.91 Å². The van der Waals surface area contributed by atoms with E-state index in [4.69, 9.17) is 9.47 Å². The van der Waals surface area contributed by atoms with Gasteiger partial charge in [0.05, 0.1) is 13.7 Å². The number of amides is 1. The van der Waals surface area contributed by atoms with Crippen LogP contribution in [-0.4, -0.2) is 37.1 Å². The number of allylic oxidation sites excluding steroid dienone is 2. The van der Waals surface area contributed by atoms with Gasteiger partial charge in [-0.25, -0.2) is 9.78 Å². The lowest BCUT2D eigenvalue weighted by molar-refractivity contribution is 0.0519. The van der Waals surface area contributed by atoms with E-state index < -0.39 is 5.97 Å². The standard InChI is InChI=1S/C19H24N2O4/c1-5-25-19(23)17-15(12(2)10-13(3)24-4)8-9-16(21-17)18(22)20-11-14-6-7-14/h8-10,14H,3,5-7,11H2,1-2,4H3,(H,20,22)/b12-10+. The Hall–Kier alpha value is -2.63. The Bertz CT molecular complexity index is 705. The molecular formula is C19H24N2O4. The zero-order valence-electron chi connectivity index (χ0n) is 14.9. The minimum Gasteiger partial charge on any atom is -0.497 e. The molecule has 1 aromatic rings. The number of methoxy groups -OCH3 is 1. The second kappa shape index (κ2) is 8.46. The predicted octanol–water partition coefficient (Wildman–Crippen LogP) is 2.96. The SMILES string of the molecule is C=C(/C=C(\C)c1ccc(C(=O)NCC2CC2)nc1C(=O)OCC)OC. The number of hydrogen-bond donors (Lipinski definition) is 1. The molecule has 25 heavy (non-hydrogen) atoms. The van der Waals surface area contributed by atoms with E-state index in [9.17, 15) is 9.59 Å². The quantitative estimate of drug-likeness (QED) is 0.446. The van der Waals surface area contributed by atoms with Crippen molar-refractivity contribution in [1.29, 1.82) is 0 Å². The summed E-state index contributed by atoms with van der Waals surface area (Å²) in [6.07, 6.45) is 3.99. The number of nitrogens with one attached hydrogen (secondary N) is 1. The number of ether oxygens (including phenoxy) is 2. The molecule has 6 nitrogen and oxygen atoms in total. The monoisotopic (exact) mass is 344 g/mol. The number of rotatable bonds is 8. The largest absolute Gasteiger partial charge is 0.497 e. The Labute approximate surface area is 147 Å². The van der Waals surface area contributed by atoms with Crippen molar-refractivity contribution in [2.24, 2.45) is 5.92 Å². The molecule has 0 atom stereocenters. The molecule has 0 aromatic carbocycles. The summed E-state index contributed by atoms with van der Waals surface area (Å²) in [4.78, 5) is 28.8. The van der Waals surface area contributed by atoms with Crippen molar-refractivity contribution in [3.8, 4) is 0 Å². The first-order valence-corrected chi connectivity index (χ1v) is 8.34. The smallest absolute Gasteiger partial charge is 0.357 e. The number of esters is 1. The summed E-state index contributed by atoms with van der Waals surface area (Å²) < 4.78 is 10.1. The number of aromatic nitrogens is 1. The molecule has 0 saturated heterocycles. The van der Waals surface area contributed by atoms with Gasteiger partial charge in [-0.05, 0) is 56.4 Å². The Morgan fingerprint density at radius 2 is 2.12 bits per heavy atom. The average Bonchev–Trinajstić information content (AvgIpc) is 3.43. The molecule has 2 rings (SSSR count). The van der Waals surface area contributed by atoms with Crippen molar-refractivity contribution < 1.29 is 19.1 Å². The Balaban J connectivity index is 2.31. The summed E-state index contributed by atoms with van der Waals surface area (Å²) in [6, 6.07) is 3.30. The van der Waals surface area contributed by atoms with Crippen molar-refractivity contribution in [1.82, 2.24) is 10.3 Å². The van der Waals surface area contributed by atoms with Gasteiger partial charge < -0.3 is 14.8 Å². The molecular weight excluding hydrogens is 320 g/mol. The van der Waals surface area contributed by atoms with Crippen molar-refractivity contribution in [3.05, 3.63) is 47.5 Å². The van der Waals surface area contributed by atoms with Crippen molar-refractivity contribution in [2.45, 2.75) is 26.7 Å². The summed E-state index contributed by atoms with van der Waals surface area (Å²) in [5.74, 6) is 0.175. The maximum Gasteiger partial charge on any atom is 0.357 e. The zero-order chi connectivity index (χ0) is 18.4. The fourth-order valence-corrected chi connectivity index (χ4v) is 2.29. The number of carbonyl (C=O) groups excluding carboxylic acids is 2. The van der Waals surface area contributed by atoms with Crippen LogP contribution >= 0.6 is 0 Å². The molecule has 1 aromatic heterocycles. The Kier molecular flexibility index (Phi) is 6.33. The number of pyridine rings is 1. The summed E-state index contributed by atoms with van der Waals surface area (Å²) >= 11 is 0. The minimum absolute atomic E-state index is 0.110. The molecule has 0 spiro atoms. The molecule has 1 fully saturated rings. The highest BCUT2D eigenvalue weighted by atomic mass is 16.5. The van der Waals surface area contributed by atoms with Gasteiger partial charge >= 0.3 is 5.97 Å². The third-order valence-corrected chi connectivity index (χ3v) is 3.91. The Morgan fingerprint density at radius 3 is 2.72 bits per heavy atom. The van der Waals surface area contributed by atoms with E-state index in [0.29, 0.717) is 23.8 Å². The second-order valence-electron chi connectivity index (χ2n) is 5.96. The molecule has 134 valence electrons. The van der Waals surface area contributed by atoms with Crippen LogP contribution in [0, 0.1) is 5.92 Å². The van der Waals surface area contributed by atoms with Gasteiger partial charge in [0.15, 0.2) is 5.69 Å². The molecule has 0 aliphatic heterocycles. The first-order chi connectivity index (χ1) is 12.0. The summed E-state index contributed by atoms with van der Waals surface area (Å²) in [7, 11) is 1.52. The molecule has 0 bridgehead atoms. The van der Waals surface area contributed by atoms with Crippen molar-refractivity contribution in [2.75, 3.05) is 20.3 Å². The van der Waals surface area contributed by atoms with Gasteiger partial charge in [-0.15, -0.1) is 0 Å². The lowest BCUT2D eigenvalue weighted by Crippen LogP contribution is -2.27. The summed E-state index contributed by atoms with van der Waals surface area (Å²) in [5.41, 5.74) is 1.63. The van der Waals surface area contributed by atoms with Crippen LogP contribution in [0.15, 0.2) is 30.5 Å². The van der Waals surface area contributed by atoms with Gasteiger partial charge in [-0.2, -0.15) is 0 Å². The molecule has 1 aliphatic carbocycles. The third kappa shape index (κ3) is 5.17. The van der Waals surface area contributed by atoms with E-state index in [-0.39, 0.29) is 23.9 Å². The number of hydrogen-bond acceptors (Lipinski definition) is 5. The summed E-state index contributed by atoms with van der Waals surface area (Å²) in [5, 5.41) is 2.85.